The lowest BCUT2D eigenvalue weighted by molar-refractivity contribution is 0.603. The summed E-state index contributed by atoms with van der Waals surface area (Å²) in [5.74, 6) is 0. The Kier molecular flexibility index (Phi) is 3.65. The van der Waals surface area contributed by atoms with Gasteiger partial charge in [-0.2, -0.15) is 0 Å². The van der Waals surface area contributed by atoms with Crippen LogP contribution in [0.3, 0.4) is 0 Å². The molecule has 2 heterocycles. The van der Waals surface area contributed by atoms with Gasteiger partial charge in [0.1, 0.15) is 4.21 Å². The summed E-state index contributed by atoms with van der Waals surface area (Å²) >= 11 is 1.15. The molecular formula is C11H13N3O2S2. The van der Waals surface area contributed by atoms with Crippen molar-refractivity contribution < 1.29 is 8.42 Å². The number of aromatic nitrogens is 1. The molecule has 0 aromatic carbocycles. The van der Waals surface area contributed by atoms with E-state index >= 15 is 0 Å². The maximum atomic E-state index is 12.1. The Hall–Kier alpha value is -1.44. The average Bonchev–Trinajstić information content (AvgIpc) is 2.77. The molecule has 96 valence electrons. The largest absolute Gasteiger partial charge is 0.326 e. The lowest BCUT2D eigenvalue weighted by atomic mass is 10.3. The zero-order valence-electron chi connectivity index (χ0n) is 9.75. The number of sulfonamides is 1. The van der Waals surface area contributed by atoms with Crippen LogP contribution in [-0.2, 0) is 16.6 Å². The molecule has 0 aliphatic carbocycles. The molecule has 7 heteroatoms. The van der Waals surface area contributed by atoms with Crippen LogP contribution < -0.4 is 10.5 Å². The number of rotatable bonds is 4. The molecule has 0 amide bonds. The van der Waals surface area contributed by atoms with Gasteiger partial charge < -0.3 is 5.73 Å². The quantitative estimate of drug-likeness (QED) is 0.894. The molecule has 3 N–H and O–H groups in total. The minimum absolute atomic E-state index is 0.254. The summed E-state index contributed by atoms with van der Waals surface area (Å²) in [4.78, 5) is 3.94. The Bertz CT molecular complexity index is 650. The van der Waals surface area contributed by atoms with E-state index in [0.717, 1.165) is 22.5 Å². The van der Waals surface area contributed by atoms with Crippen molar-refractivity contribution in [1.82, 2.24) is 4.98 Å². The molecule has 5 nitrogen and oxygen atoms in total. The van der Waals surface area contributed by atoms with Crippen molar-refractivity contribution in [3.05, 3.63) is 41.0 Å². The second-order valence-corrected chi connectivity index (χ2v) is 6.66. The van der Waals surface area contributed by atoms with Gasteiger partial charge in [0.05, 0.1) is 11.9 Å². The van der Waals surface area contributed by atoms with Gasteiger partial charge in [0, 0.05) is 12.7 Å². The number of pyridine rings is 1. The van der Waals surface area contributed by atoms with Crippen LogP contribution in [-0.4, -0.2) is 13.4 Å². The monoisotopic (exact) mass is 283 g/mol. The normalized spacial score (nSPS) is 11.4. The number of nitrogens with two attached hydrogens (primary N) is 1. The molecule has 2 aromatic rings. The predicted molar refractivity (Wildman–Crippen MR) is 72.0 cm³/mol. The van der Waals surface area contributed by atoms with Crippen molar-refractivity contribution in [2.24, 2.45) is 5.73 Å². The third kappa shape index (κ3) is 2.87. The molecule has 0 aliphatic rings. The Morgan fingerprint density at radius 3 is 2.78 bits per heavy atom. The van der Waals surface area contributed by atoms with Gasteiger partial charge in [-0.15, -0.1) is 11.3 Å². The lowest BCUT2D eigenvalue weighted by Crippen LogP contribution is -2.11. The topological polar surface area (TPSA) is 85.1 Å². The van der Waals surface area contributed by atoms with Crippen LogP contribution in [0.15, 0.2) is 34.1 Å². The minimum Gasteiger partial charge on any atom is -0.326 e. The first-order valence-corrected chi connectivity index (χ1v) is 7.59. The van der Waals surface area contributed by atoms with E-state index in [9.17, 15) is 8.42 Å². The summed E-state index contributed by atoms with van der Waals surface area (Å²) < 4.78 is 26.9. The van der Waals surface area contributed by atoms with E-state index in [1.807, 2.05) is 6.92 Å². The maximum absolute atomic E-state index is 12.1. The fourth-order valence-corrected chi connectivity index (χ4v) is 3.67. The minimum atomic E-state index is -3.55. The van der Waals surface area contributed by atoms with Gasteiger partial charge in [0.15, 0.2) is 0 Å². The third-order valence-electron chi connectivity index (χ3n) is 2.26. The van der Waals surface area contributed by atoms with Crippen molar-refractivity contribution in [3.8, 4) is 0 Å². The molecule has 0 saturated heterocycles. The Balaban J connectivity index is 2.27. The SMILES string of the molecule is Cc1cncc(NS(=O)(=O)c2cc(CN)cs2)c1. The highest BCUT2D eigenvalue weighted by atomic mass is 32.2. The molecule has 2 rings (SSSR count). The number of thiophene rings is 1. The van der Waals surface area contributed by atoms with Crippen LogP contribution in [0.2, 0.25) is 0 Å². The van der Waals surface area contributed by atoms with E-state index in [4.69, 9.17) is 5.73 Å². The molecule has 0 bridgehead atoms. The highest BCUT2D eigenvalue weighted by Crippen LogP contribution is 2.22. The maximum Gasteiger partial charge on any atom is 0.271 e. The summed E-state index contributed by atoms with van der Waals surface area (Å²) in [6.45, 7) is 2.18. The van der Waals surface area contributed by atoms with E-state index in [2.05, 4.69) is 9.71 Å². The molecular weight excluding hydrogens is 270 g/mol. The second-order valence-electron chi connectivity index (χ2n) is 3.83. The third-order valence-corrected chi connectivity index (χ3v) is 5.13. The zero-order chi connectivity index (χ0) is 13.2. The van der Waals surface area contributed by atoms with Gasteiger partial charge >= 0.3 is 0 Å². The van der Waals surface area contributed by atoms with Gasteiger partial charge in [0.2, 0.25) is 0 Å². The number of anilines is 1. The van der Waals surface area contributed by atoms with Crippen molar-refractivity contribution in [2.45, 2.75) is 17.7 Å². The molecule has 0 unspecified atom stereocenters. The molecule has 0 fully saturated rings. The number of hydrogen-bond donors (Lipinski definition) is 2. The van der Waals surface area contributed by atoms with E-state index in [-0.39, 0.29) is 4.21 Å². The second kappa shape index (κ2) is 5.05. The van der Waals surface area contributed by atoms with E-state index in [1.165, 1.54) is 6.20 Å². The zero-order valence-corrected chi connectivity index (χ0v) is 11.4. The summed E-state index contributed by atoms with van der Waals surface area (Å²) in [6, 6.07) is 3.30. The van der Waals surface area contributed by atoms with Crippen LogP contribution in [0.25, 0.3) is 0 Å². The molecule has 2 aromatic heterocycles. The first-order valence-electron chi connectivity index (χ1n) is 5.23. The van der Waals surface area contributed by atoms with Gasteiger partial charge in [-0.3, -0.25) is 9.71 Å². The van der Waals surface area contributed by atoms with E-state index < -0.39 is 10.0 Å². The first-order chi connectivity index (χ1) is 8.51. The van der Waals surface area contributed by atoms with Crippen molar-refractivity contribution in [3.63, 3.8) is 0 Å². The number of nitrogens with one attached hydrogen (secondary N) is 1. The van der Waals surface area contributed by atoms with Gasteiger partial charge in [0.25, 0.3) is 10.0 Å². The molecule has 0 aliphatic heterocycles. The fraction of sp³-hybridized carbons (Fsp3) is 0.182. The molecule has 18 heavy (non-hydrogen) atoms. The lowest BCUT2D eigenvalue weighted by Gasteiger charge is -2.05. The van der Waals surface area contributed by atoms with E-state index in [0.29, 0.717) is 12.2 Å². The van der Waals surface area contributed by atoms with Gasteiger partial charge in [-0.25, -0.2) is 8.42 Å². The summed E-state index contributed by atoms with van der Waals surface area (Å²) in [5.41, 5.74) is 7.62. The standard InChI is InChI=1S/C11H13N3O2S2/c1-8-2-10(6-13-5-8)14-18(15,16)11-3-9(4-12)7-17-11/h2-3,5-7,14H,4,12H2,1H3. The van der Waals surface area contributed by atoms with Crippen LogP contribution in [0, 0.1) is 6.92 Å². The predicted octanol–water partition coefficient (Wildman–Crippen LogP) is 1.71. The Labute approximate surface area is 110 Å². The summed E-state index contributed by atoms with van der Waals surface area (Å²) in [5, 5.41) is 1.74. The van der Waals surface area contributed by atoms with Crippen molar-refractivity contribution >= 4 is 27.0 Å². The molecule has 0 saturated carbocycles. The summed E-state index contributed by atoms with van der Waals surface area (Å²) in [7, 11) is -3.55. The Morgan fingerprint density at radius 1 is 1.39 bits per heavy atom. The average molecular weight is 283 g/mol. The number of hydrogen-bond acceptors (Lipinski definition) is 5. The van der Waals surface area contributed by atoms with E-state index in [1.54, 1.807) is 23.7 Å². The molecule has 0 spiro atoms. The fourth-order valence-electron chi connectivity index (χ4n) is 1.42. The summed E-state index contributed by atoms with van der Waals surface area (Å²) in [6.07, 6.45) is 3.14. The van der Waals surface area contributed by atoms with Crippen LogP contribution in [0.4, 0.5) is 5.69 Å². The van der Waals surface area contributed by atoms with Crippen LogP contribution in [0.5, 0.6) is 0 Å². The Morgan fingerprint density at radius 2 is 2.17 bits per heavy atom. The smallest absolute Gasteiger partial charge is 0.271 e. The first kappa shape index (κ1) is 13.0. The van der Waals surface area contributed by atoms with Crippen molar-refractivity contribution in [1.29, 1.82) is 0 Å². The van der Waals surface area contributed by atoms with Crippen molar-refractivity contribution in [2.75, 3.05) is 4.72 Å². The molecule has 0 atom stereocenters. The van der Waals surface area contributed by atoms with Gasteiger partial charge in [-0.05, 0) is 35.6 Å². The van der Waals surface area contributed by atoms with Crippen LogP contribution in [0.1, 0.15) is 11.1 Å². The number of nitrogens with zero attached hydrogens (tertiary/aromatic N) is 1. The highest BCUT2D eigenvalue weighted by molar-refractivity contribution is 7.94. The number of aryl methyl sites for hydroxylation is 1. The highest BCUT2D eigenvalue weighted by Gasteiger charge is 2.16. The van der Waals surface area contributed by atoms with Gasteiger partial charge in [-0.1, -0.05) is 0 Å². The van der Waals surface area contributed by atoms with Crippen LogP contribution >= 0.6 is 11.3 Å². The molecule has 0 radical (unpaired) electrons.